The highest BCUT2D eigenvalue weighted by Gasteiger charge is 2.53. The molecular formula is C16H21BF3O4Si. The summed E-state index contributed by atoms with van der Waals surface area (Å²) in [6, 6.07) is 4.16. The molecule has 1 aliphatic heterocycles. The molecule has 1 fully saturated rings. The Kier molecular flexibility index (Phi) is 5.92. The van der Waals surface area contributed by atoms with Crippen LogP contribution in [0.5, 0.6) is 5.75 Å². The van der Waals surface area contributed by atoms with E-state index < -0.39 is 30.1 Å². The lowest BCUT2D eigenvalue weighted by atomic mass is 9.75. The predicted molar refractivity (Wildman–Crippen MR) is 89.2 cm³/mol. The molecule has 0 amide bonds. The molecule has 137 valence electrons. The van der Waals surface area contributed by atoms with Crippen molar-refractivity contribution >= 4 is 22.8 Å². The highest BCUT2D eigenvalue weighted by atomic mass is 28.1. The molecule has 0 spiro atoms. The summed E-state index contributed by atoms with van der Waals surface area (Å²) in [5.41, 5.74) is -2.39. The van der Waals surface area contributed by atoms with Gasteiger partial charge in [-0.25, -0.2) is 0 Å². The molecule has 0 N–H and O–H groups in total. The summed E-state index contributed by atoms with van der Waals surface area (Å²) in [4.78, 5) is 0. The molecule has 1 aliphatic rings. The van der Waals surface area contributed by atoms with Gasteiger partial charge < -0.3 is 18.8 Å². The summed E-state index contributed by atoms with van der Waals surface area (Å²) in [5.74, 6) is 0.256. The summed E-state index contributed by atoms with van der Waals surface area (Å²) in [5, 5.41) is 0. The van der Waals surface area contributed by atoms with Crippen molar-refractivity contribution in [1.29, 1.82) is 0 Å². The van der Waals surface area contributed by atoms with Gasteiger partial charge in [0.05, 0.1) is 16.8 Å². The van der Waals surface area contributed by atoms with Crippen LogP contribution in [0, 0.1) is 0 Å². The Balaban J connectivity index is 2.30. The minimum absolute atomic E-state index is 0.0569. The fourth-order valence-corrected chi connectivity index (χ4v) is 2.44. The number of rotatable bonds is 6. The van der Waals surface area contributed by atoms with E-state index in [1.165, 1.54) is 12.1 Å². The van der Waals surface area contributed by atoms with E-state index in [1.54, 1.807) is 27.7 Å². The number of hydrogen-bond donors (Lipinski definition) is 0. The average Bonchev–Trinajstić information content (AvgIpc) is 2.71. The first kappa shape index (κ1) is 20.3. The van der Waals surface area contributed by atoms with Crippen LogP contribution in [0.1, 0.15) is 33.3 Å². The van der Waals surface area contributed by atoms with E-state index in [0.29, 0.717) is 12.7 Å². The lowest BCUT2D eigenvalue weighted by Gasteiger charge is -2.32. The van der Waals surface area contributed by atoms with Crippen LogP contribution in [0.4, 0.5) is 13.2 Å². The Hall–Kier alpha value is -1.03. The van der Waals surface area contributed by atoms with Crippen molar-refractivity contribution < 1.29 is 32.0 Å². The van der Waals surface area contributed by atoms with Gasteiger partial charge in [0.15, 0.2) is 6.79 Å². The van der Waals surface area contributed by atoms with E-state index in [2.05, 4.69) is 10.2 Å². The van der Waals surface area contributed by atoms with E-state index in [-0.39, 0.29) is 18.0 Å². The average molecular weight is 373 g/mol. The molecule has 0 aliphatic carbocycles. The van der Waals surface area contributed by atoms with Gasteiger partial charge >= 0.3 is 13.3 Å². The van der Waals surface area contributed by atoms with Crippen LogP contribution in [0.25, 0.3) is 0 Å². The molecule has 2 rings (SSSR count). The Morgan fingerprint density at radius 3 is 2.24 bits per heavy atom. The van der Waals surface area contributed by atoms with Crippen LogP contribution in [0.3, 0.4) is 0 Å². The van der Waals surface area contributed by atoms with Crippen LogP contribution in [-0.4, -0.2) is 42.0 Å². The van der Waals surface area contributed by atoms with Crippen molar-refractivity contribution in [2.75, 3.05) is 13.4 Å². The Bertz CT molecular complexity index is 592. The maximum atomic E-state index is 13.4. The minimum atomic E-state index is -4.52. The summed E-state index contributed by atoms with van der Waals surface area (Å²) < 4.78 is 62.2. The molecule has 25 heavy (non-hydrogen) atoms. The smallest absolute Gasteiger partial charge is 0.468 e. The van der Waals surface area contributed by atoms with Crippen LogP contribution in [-0.2, 0) is 20.2 Å². The third-order valence-electron chi connectivity index (χ3n) is 4.39. The normalized spacial score (nSPS) is 19.3. The van der Waals surface area contributed by atoms with Gasteiger partial charge in [0.25, 0.3) is 0 Å². The van der Waals surface area contributed by atoms with Crippen molar-refractivity contribution in [2.24, 2.45) is 0 Å². The Morgan fingerprint density at radius 1 is 1.12 bits per heavy atom. The van der Waals surface area contributed by atoms with Crippen LogP contribution in [0.2, 0.25) is 6.04 Å². The molecule has 0 bridgehead atoms. The monoisotopic (exact) mass is 373 g/mol. The highest BCUT2D eigenvalue weighted by Crippen LogP contribution is 2.38. The van der Waals surface area contributed by atoms with Gasteiger partial charge in [0, 0.05) is 16.8 Å². The maximum absolute atomic E-state index is 13.4. The third-order valence-corrected chi connectivity index (χ3v) is 4.60. The molecule has 0 saturated carbocycles. The van der Waals surface area contributed by atoms with Gasteiger partial charge in [-0.05, 0) is 57.4 Å². The molecule has 1 saturated heterocycles. The van der Waals surface area contributed by atoms with E-state index in [4.69, 9.17) is 18.8 Å². The fourth-order valence-electron chi connectivity index (χ4n) is 2.29. The summed E-state index contributed by atoms with van der Waals surface area (Å²) in [6.45, 7) is 7.52. The quantitative estimate of drug-likeness (QED) is 0.437. The van der Waals surface area contributed by atoms with Gasteiger partial charge in [-0.2, -0.15) is 13.2 Å². The first-order valence-electron chi connectivity index (χ1n) is 7.90. The molecule has 0 atom stereocenters. The van der Waals surface area contributed by atoms with Crippen molar-refractivity contribution in [2.45, 2.75) is 51.1 Å². The molecule has 9 heteroatoms. The number of halogens is 3. The summed E-state index contributed by atoms with van der Waals surface area (Å²) in [7, 11) is 2.12. The van der Waals surface area contributed by atoms with Crippen molar-refractivity contribution in [1.82, 2.24) is 0 Å². The molecule has 0 aromatic heterocycles. The second kappa shape index (κ2) is 7.30. The molecular weight excluding hydrogens is 352 g/mol. The summed E-state index contributed by atoms with van der Waals surface area (Å²) in [6.07, 6.45) is -4.52. The second-order valence-electron chi connectivity index (χ2n) is 6.76. The lowest BCUT2D eigenvalue weighted by Crippen LogP contribution is -2.41. The maximum Gasteiger partial charge on any atom is 0.495 e. The first-order valence-corrected chi connectivity index (χ1v) is 8.60. The van der Waals surface area contributed by atoms with Gasteiger partial charge in [-0.3, -0.25) is 0 Å². The number of alkyl halides is 3. The molecule has 1 heterocycles. The zero-order valence-electron chi connectivity index (χ0n) is 14.7. The van der Waals surface area contributed by atoms with Crippen molar-refractivity contribution in [3.8, 4) is 5.75 Å². The van der Waals surface area contributed by atoms with Crippen LogP contribution < -0.4 is 10.2 Å². The molecule has 3 radical (unpaired) electrons. The van der Waals surface area contributed by atoms with E-state index in [1.807, 2.05) is 0 Å². The Labute approximate surface area is 149 Å². The van der Waals surface area contributed by atoms with Gasteiger partial charge in [-0.1, -0.05) is 0 Å². The summed E-state index contributed by atoms with van der Waals surface area (Å²) >= 11 is 0. The molecule has 1 aromatic carbocycles. The SMILES string of the molecule is CC1(C)OB(c2cc(OCOCC[Si])ccc2C(F)(F)F)OC1(C)C. The van der Waals surface area contributed by atoms with Gasteiger partial charge in [-0.15, -0.1) is 0 Å². The molecule has 0 unspecified atom stereocenters. The number of hydrogen-bond acceptors (Lipinski definition) is 4. The van der Waals surface area contributed by atoms with E-state index >= 15 is 0 Å². The largest absolute Gasteiger partial charge is 0.495 e. The zero-order chi connectivity index (χ0) is 18.9. The number of ether oxygens (including phenoxy) is 2. The standard InChI is InChI=1S/C16H21BF3O4Si/c1-14(2)15(3,4)24-17(23-14)13-9-11(22-10-21-7-8-25)5-6-12(13)16(18,19)20/h5-6,9H,7-8,10H2,1-4H3. The zero-order valence-corrected chi connectivity index (χ0v) is 15.7. The second-order valence-corrected chi connectivity index (χ2v) is 7.26. The fraction of sp³-hybridized carbons (Fsp3) is 0.625. The van der Waals surface area contributed by atoms with Gasteiger partial charge in [0.1, 0.15) is 5.75 Å². The van der Waals surface area contributed by atoms with Crippen molar-refractivity contribution in [3.63, 3.8) is 0 Å². The van der Waals surface area contributed by atoms with Crippen molar-refractivity contribution in [3.05, 3.63) is 23.8 Å². The lowest BCUT2D eigenvalue weighted by molar-refractivity contribution is -0.136. The predicted octanol–water partition coefficient (Wildman–Crippen LogP) is 2.94. The van der Waals surface area contributed by atoms with Crippen LogP contribution >= 0.6 is 0 Å². The topological polar surface area (TPSA) is 36.9 Å². The minimum Gasteiger partial charge on any atom is -0.468 e. The van der Waals surface area contributed by atoms with Crippen LogP contribution in [0.15, 0.2) is 18.2 Å². The van der Waals surface area contributed by atoms with E-state index in [9.17, 15) is 13.2 Å². The highest BCUT2D eigenvalue weighted by molar-refractivity contribution is 6.62. The Morgan fingerprint density at radius 2 is 1.72 bits per heavy atom. The van der Waals surface area contributed by atoms with Gasteiger partial charge in [0.2, 0.25) is 0 Å². The number of benzene rings is 1. The molecule has 1 aromatic rings. The third kappa shape index (κ3) is 4.58. The first-order chi connectivity index (χ1) is 11.5. The van der Waals surface area contributed by atoms with E-state index in [0.717, 1.165) is 6.07 Å². The molecule has 4 nitrogen and oxygen atoms in total.